The fraction of sp³-hybridized carbons (Fsp3) is 0.231. The Kier molecular flexibility index (Phi) is 4.78. The molecule has 1 aromatic carbocycles. The Morgan fingerprint density at radius 3 is 2.78 bits per heavy atom. The van der Waals surface area contributed by atoms with Gasteiger partial charge in [0, 0.05) is 17.2 Å². The van der Waals surface area contributed by atoms with Gasteiger partial charge in [-0.3, -0.25) is 0 Å². The summed E-state index contributed by atoms with van der Waals surface area (Å²) >= 11 is 1.48. The lowest BCUT2D eigenvalue weighted by atomic mass is 10.3. The molecule has 0 unspecified atom stereocenters. The molecule has 2 aromatic rings. The van der Waals surface area contributed by atoms with E-state index in [0.717, 1.165) is 29.0 Å². The van der Waals surface area contributed by atoms with Crippen molar-refractivity contribution in [3.63, 3.8) is 0 Å². The fourth-order valence-electron chi connectivity index (χ4n) is 1.43. The van der Waals surface area contributed by atoms with E-state index >= 15 is 0 Å². The van der Waals surface area contributed by atoms with Gasteiger partial charge < -0.3 is 9.73 Å². The molecule has 0 bridgehead atoms. The Morgan fingerprint density at radius 1 is 1.17 bits per heavy atom. The van der Waals surface area contributed by atoms with Gasteiger partial charge in [-0.15, -0.1) is 11.8 Å². The zero-order chi connectivity index (χ0) is 12.8. The van der Waals surface area contributed by atoms with Crippen molar-refractivity contribution < 1.29 is 13.2 Å². The molecule has 0 fully saturated rings. The van der Waals surface area contributed by atoms with Crippen LogP contribution in [0.4, 0.5) is 8.78 Å². The molecule has 0 aliphatic carbocycles. The molecule has 96 valence electrons. The van der Waals surface area contributed by atoms with Crippen LogP contribution in [0.15, 0.2) is 45.9 Å². The topological polar surface area (TPSA) is 25.2 Å². The molecule has 1 aromatic heterocycles. The first-order valence-electron chi connectivity index (χ1n) is 5.56. The van der Waals surface area contributed by atoms with Gasteiger partial charge in [-0.1, -0.05) is 0 Å². The lowest BCUT2D eigenvalue weighted by Gasteiger charge is -2.03. The summed E-state index contributed by atoms with van der Waals surface area (Å²) in [6.45, 7) is 1.44. The molecule has 0 amide bonds. The molecule has 1 N–H and O–H groups in total. The first kappa shape index (κ1) is 13.1. The standard InChI is InChI=1S/C13H13F2NOS/c14-12-4-3-11(8-13(12)15)18-7-5-16-9-10-2-1-6-17-10/h1-4,6,8,16H,5,7,9H2. The minimum absolute atomic E-state index is 0.672. The van der Waals surface area contributed by atoms with E-state index in [1.807, 2.05) is 12.1 Å². The molecule has 0 aliphatic heterocycles. The Bertz CT molecular complexity index is 488. The van der Waals surface area contributed by atoms with E-state index in [1.165, 1.54) is 17.8 Å². The van der Waals surface area contributed by atoms with Crippen LogP contribution < -0.4 is 5.32 Å². The van der Waals surface area contributed by atoms with Gasteiger partial charge in [0.05, 0.1) is 12.8 Å². The smallest absolute Gasteiger partial charge is 0.159 e. The van der Waals surface area contributed by atoms with E-state index in [1.54, 1.807) is 12.3 Å². The average Bonchev–Trinajstić information content (AvgIpc) is 2.86. The lowest BCUT2D eigenvalue weighted by Crippen LogP contribution is -2.15. The van der Waals surface area contributed by atoms with E-state index < -0.39 is 11.6 Å². The van der Waals surface area contributed by atoms with E-state index in [2.05, 4.69) is 5.32 Å². The number of hydrogen-bond acceptors (Lipinski definition) is 3. The highest BCUT2D eigenvalue weighted by Gasteiger charge is 2.02. The first-order chi connectivity index (χ1) is 8.75. The van der Waals surface area contributed by atoms with E-state index in [0.29, 0.717) is 6.54 Å². The molecule has 2 rings (SSSR count). The molecule has 0 atom stereocenters. The molecular weight excluding hydrogens is 256 g/mol. The Labute approximate surface area is 108 Å². The molecule has 0 aliphatic rings. The number of nitrogens with one attached hydrogen (secondary N) is 1. The van der Waals surface area contributed by atoms with Crippen LogP contribution in [-0.2, 0) is 6.54 Å². The third-order valence-electron chi connectivity index (χ3n) is 2.32. The highest BCUT2D eigenvalue weighted by Crippen LogP contribution is 2.19. The monoisotopic (exact) mass is 269 g/mol. The second-order valence-corrected chi connectivity index (χ2v) is 4.85. The van der Waals surface area contributed by atoms with Gasteiger partial charge in [0.15, 0.2) is 11.6 Å². The van der Waals surface area contributed by atoms with Crippen LogP contribution in [-0.4, -0.2) is 12.3 Å². The molecule has 0 radical (unpaired) electrons. The van der Waals surface area contributed by atoms with Gasteiger partial charge in [0.1, 0.15) is 5.76 Å². The predicted octanol–water partition coefficient (Wildman–Crippen LogP) is 3.44. The van der Waals surface area contributed by atoms with Crippen molar-refractivity contribution in [3.8, 4) is 0 Å². The summed E-state index contributed by atoms with van der Waals surface area (Å²) in [7, 11) is 0. The summed E-state index contributed by atoms with van der Waals surface area (Å²) in [5.74, 6) is 0.0536. The minimum atomic E-state index is -0.810. The minimum Gasteiger partial charge on any atom is -0.468 e. The van der Waals surface area contributed by atoms with Crippen molar-refractivity contribution in [2.24, 2.45) is 0 Å². The van der Waals surface area contributed by atoms with Crippen LogP contribution in [0.2, 0.25) is 0 Å². The molecule has 1 heterocycles. The summed E-state index contributed by atoms with van der Waals surface area (Å²) in [4.78, 5) is 0.730. The molecule has 5 heteroatoms. The van der Waals surface area contributed by atoms with Gasteiger partial charge in [-0.2, -0.15) is 0 Å². The van der Waals surface area contributed by atoms with Gasteiger partial charge in [-0.05, 0) is 30.3 Å². The van der Waals surface area contributed by atoms with Crippen molar-refractivity contribution in [1.82, 2.24) is 5.32 Å². The summed E-state index contributed by atoms with van der Waals surface area (Å²) in [5.41, 5.74) is 0. The molecule has 0 saturated carbocycles. The number of benzene rings is 1. The van der Waals surface area contributed by atoms with Crippen molar-refractivity contribution in [1.29, 1.82) is 0 Å². The van der Waals surface area contributed by atoms with Crippen LogP contribution in [0.5, 0.6) is 0 Å². The predicted molar refractivity (Wildman–Crippen MR) is 67.5 cm³/mol. The van der Waals surface area contributed by atoms with Gasteiger partial charge >= 0.3 is 0 Å². The van der Waals surface area contributed by atoms with Crippen LogP contribution >= 0.6 is 11.8 Å². The summed E-state index contributed by atoms with van der Waals surface area (Å²) in [5, 5.41) is 3.20. The van der Waals surface area contributed by atoms with Crippen molar-refractivity contribution in [2.75, 3.05) is 12.3 Å². The molecule has 18 heavy (non-hydrogen) atoms. The van der Waals surface area contributed by atoms with E-state index in [9.17, 15) is 8.78 Å². The summed E-state index contributed by atoms with van der Waals surface area (Å²) in [6.07, 6.45) is 1.63. The highest BCUT2D eigenvalue weighted by atomic mass is 32.2. The normalized spacial score (nSPS) is 10.8. The Balaban J connectivity index is 1.67. The van der Waals surface area contributed by atoms with Crippen molar-refractivity contribution >= 4 is 11.8 Å². The highest BCUT2D eigenvalue weighted by molar-refractivity contribution is 7.99. The lowest BCUT2D eigenvalue weighted by molar-refractivity contribution is 0.488. The zero-order valence-corrected chi connectivity index (χ0v) is 10.5. The number of hydrogen-bond donors (Lipinski definition) is 1. The first-order valence-corrected chi connectivity index (χ1v) is 6.55. The van der Waals surface area contributed by atoms with Crippen LogP contribution in [0.1, 0.15) is 5.76 Å². The maximum absolute atomic E-state index is 12.9. The number of thioether (sulfide) groups is 1. The average molecular weight is 269 g/mol. The molecule has 0 spiro atoms. The third-order valence-corrected chi connectivity index (χ3v) is 3.31. The number of furan rings is 1. The maximum atomic E-state index is 12.9. The largest absolute Gasteiger partial charge is 0.468 e. The quantitative estimate of drug-likeness (QED) is 0.642. The third kappa shape index (κ3) is 3.85. The molecule has 0 saturated heterocycles. The van der Waals surface area contributed by atoms with Crippen LogP contribution in [0.25, 0.3) is 0 Å². The Hall–Kier alpha value is -1.33. The number of halogens is 2. The van der Waals surface area contributed by atoms with Crippen molar-refractivity contribution in [2.45, 2.75) is 11.4 Å². The maximum Gasteiger partial charge on any atom is 0.159 e. The SMILES string of the molecule is Fc1ccc(SCCNCc2ccco2)cc1F. The second-order valence-electron chi connectivity index (χ2n) is 3.68. The summed E-state index contributed by atoms with van der Waals surface area (Å²) in [6, 6.07) is 7.68. The Morgan fingerprint density at radius 2 is 2.06 bits per heavy atom. The zero-order valence-electron chi connectivity index (χ0n) is 9.66. The van der Waals surface area contributed by atoms with Gasteiger partial charge in [0.25, 0.3) is 0 Å². The fourth-order valence-corrected chi connectivity index (χ4v) is 2.27. The molecular formula is C13H13F2NOS. The van der Waals surface area contributed by atoms with E-state index in [-0.39, 0.29) is 0 Å². The molecule has 2 nitrogen and oxygen atoms in total. The van der Waals surface area contributed by atoms with Crippen LogP contribution in [0, 0.1) is 11.6 Å². The number of rotatable bonds is 6. The van der Waals surface area contributed by atoms with Gasteiger partial charge in [0.2, 0.25) is 0 Å². The van der Waals surface area contributed by atoms with Gasteiger partial charge in [-0.25, -0.2) is 8.78 Å². The summed E-state index contributed by atoms with van der Waals surface area (Å²) < 4.78 is 30.8. The van der Waals surface area contributed by atoms with Crippen molar-refractivity contribution in [3.05, 3.63) is 54.0 Å². The van der Waals surface area contributed by atoms with Crippen LogP contribution in [0.3, 0.4) is 0 Å². The van der Waals surface area contributed by atoms with E-state index in [4.69, 9.17) is 4.42 Å². The second kappa shape index (κ2) is 6.56.